The van der Waals surface area contributed by atoms with Crippen molar-refractivity contribution in [3.05, 3.63) is 0 Å². The molecule has 1 aliphatic heterocycles. The Hall–Kier alpha value is 0.440. The lowest BCUT2D eigenvalue weighted by molar-refractivity contribution is 0.0523. The van der Waals surface area contributed by atoms with Crippen molar-refractivity contribution in [1.82, 2.24) is 4.90 Å². The van der Waals surface area contributed by atoms with Crippen LogP contribution < -0.4 is 0 Å². The van der Waals surface area contributed by atoms with E-state index in [0.29, 0.717) is 5.41 Å². The summed E-state index contributed by atoms with van der Waals surface area (Å²) in [5, 5.41) is 1.11. The Bertz CT molecular complexity index is 233. The van der Waals surface area contributed by atoms with E-state index in [9.17, 15) is 0 Å². The van der Waals surface area contributed by atoms with Gasteiger partial charge in [0.1, 0.15) is 0 Å². The fourth-order valence-corrected chi connectivity index (χ4v) is 3.81. The highest BCUT2D eigenvalue weighted by Gasteiger charge is 2.36. The third-order valence-electron chi connectivity index (χ3n) is 4.84. The van der Waals surface area contributed by atoms with Crippen molar-refractivity contribution < 1.29 is 0 Å². The fraction of sp³-hybridized carbons (Fsp3) is 1.00. The minimum Gasteiger partial charge on any atom is -0.303 e. The summed E-state index contributed by atoms with van der Waals surface area (Å²) in [6, 6.07) is 0. The van der Waals surface area contributed by atoms with Gasteiger partial charge in [-0.15, -0.1) is 0 Å². The maximum atomic E-state index is 3.64. The van der Waals surface area contributed by atoms with E-state index < -0.39 is 0 Å². The van der Waals surface area contributed by atoms with Gasteiger partial charge < -0.3 is 4.90 Å². The Morgan fingerprint density at radius 1 is 1.00 bits per heavy atom. The Kier molecular flexibility index (Phi) is 4.57. The van der Waals surface area contributed by atoms with E-state index in [-0.39, 0.29) is 0 Å². The predicted octanol–water partition coefficient (Wildman–Crippen LogP) is 4.45. The molecule has 0 aromatic rings. The van der Waals surface area contributed by atoms with Crippen LogP contribution in [0.5, 0.6) is 0 Å². The number of likely N-dealkylation sites (tertiary alicyclic amines) is 1. The van der Waals surface area contributed by atoms with Crippen molar-refractivity contribution in [3.63, 3.8) is 0 Å². The Morgan fingerprint density at radius 2 is 1.59 bits per heavy atom. The molecular weight excluding hydrogens is 274 g/mol. The third kappa shape index (κ3) is 3.70. The second-order valence-electron chi connectivity index (χ2n) is 7.13. The van der Waals surface area contributed by atoms with Gasteiger partial charge in [-0.25, -0.2) is 0 Å². The summed E-state index contributed by atoms with van der Waals surface area (Å²) in [6.07, 6.45) is 10.4. The summed E-state index contributed by atoms with van der Waals surface area (Å²) in [5.41, 5.74) is 1.18. The Labute approximate surface area is 115 Å². The van der Waals surface area contributed by atoms with Crippen LogP contribution in [0, 0.1) is 10.8 Å². The van der Waals surface area contributed by atoms with Crippen molar-refractivity contribution in [3.8, 4) is 0 Å². The number of rotatable bonds is 3. The van der Waals surface area contributed by atoms with Gasteiger partial charge in [0, 0.05) is 11.9 Å². The molecule has 1 nitrogen and oxygen atoms in total. The van der Waals surface area contributed by atoms with Gasteiger partial charge in [-0.3, -0.25) is 0 Å². The van der Waals surface area contributed by atoms with E-state index in [4.69, 9.17) is 0 Å². The number of piperidine rings is 1. The summed E-state index contributed by atoms with van der Waals surface area (Å²) in [5.74, 6) is 0. The summed E-state index contributed by atoms with van der Waals surface area (Å²) >= 11 is 3.64. The lowest BCUT2D eigenvalue weighted by Crippen LogP contribution is -2.44. The quantitative estimate of drug-likeness (QED) is 0.696. The third-order valence-corrected chi connectivity index (χ3v) is 6.36. The fourth-order valence-electron chi connectivity index (χ4n) is 3.63. The van der Waals surface area contributed by atoms with Crippen LogP contribution in [0.4, 0.5) is 0 Å². The molecule has 0 bridgehead atoms. The molecule has 1 spiro atoms. The monoisotopic (exact) mass is 301 g/mol. The number of hydrogen-bond acceptors (Lipinski definition) is 1. The van der Waals surface area contributed by atoms with Gasteiger partial charge in [-0.2, -0.15) is 0 Å². The van der Waals surface area contributed by atoms with Gasteiger partial charge in [0.15, 0.2) is 0 Å². The topological polar surface area (TPSA) is 3.24 Å². The van der Waals surface area contributed by atoms with Crippen molar-refractivity contribution >= 4 is 15.9 Å². The molecule has 0 unspecified atom stereocenters. The van der Waals surface area contributed by atoms with E-state index in [1.54, 1.807) is 0 Å². The average Bonchev–Trinajstić information content (AvgIpc) is 2.34. The van der Waals surface area contributed by atoms with E-state index in [0.717, 1.165) is 10.7 Å². The molecule has 17 heavy (non-hydrogen) atoms. The largest absolute Gasteiger partial charge is 0.303 e. The first kappa shape index (κ1) is 13.9. The van der Waals surface area contributed by atoms with E-state index in [1.165, 1.54) is 64.6 Å². The molecule has 0 aromatic carbocycles. The van der Waals surface area contributed by atoms with Crippen LogP contribution in [-0.2, 0) is 0 Å². The van der Waals surface area contributed by atoms with E-state index in [1.807, 2.05) is 0 Å². The van der Waals surface area contributed by atoms with Gasteiger partial charge in [-0.1, -0.05) is 49.0 Å². The van der Waals surface area contributed by atoms with Gasteiger partial charge in [-0.05, 0) is 49.6 Å². The molecule has 0 N–H and O–H groups in total. The van der Waals surface area contributed by atoms with E-state index in [2.05, 4.69) is 34.7 Å². The SMILES string of the molecule is CC(C)(CBr)CN1CCC2(CCCCC2)CC1. The summed E-state index contributed by atoms with van der Waals surface area (Å²) in [4.78, 5) is 2.70. The van der Waals surface area contributed by atoms with Gasteiger partial charge >= 0.3 is 0 Å². The zero-order chi connectivity index (χ0) is 12.4. The molecule has 2 fully saturated rings. The summed E-state index contributed by atoms with van der Waals surface area (Å²) < 4.78 is 0. The van der Waals surface area contributed by atoms with Crippen molar-refractivity contribution in [1.29, 1.82) is 0 Å². The average molecular weight is 302 g/mol. The van der Waals surface area contributed by atoms with E-state index >= 15 is 0 Å². The minimum atomic E-state index is 0.428. The predicted molar refractivity (Wildman–Crippen MR) is 78.8 cm³/mol. The van der Waals surface area contributed by atoms with Gasteiger partial charge in [0.2, 0.25) is 0 Å². The van der Waals surface area contributed by atoms with Gasteiger partial charge in [0.05, 0.1) is 0 Å². The zero-order valence-corrected chi connectivity index (χ0v) is 13.2. The molecule has 0 amide bonds. The summed E-state index contributed by atoms with van der Waals surface area (Å²) in [6.45, 7) is 8.68. The molecule has 0 radical (unpaired) electrons. The highest BCUT2D eigenvalue weighted by Crippen LogP contribution is 2.44. The molecule has 1 aliphatic carbocycles. The molecule has 1 saturated carbocycles. The highest BCUT2D eigenvalue weighted by molar-refractivity contribution is 9.09. The van der Waals surface area contributed by atoms with Crippen LogP contribution in [0.1, 0.15) is 58.8 Å². The van der Waals surface area contributed by atoms with Crippen LogP contribution in [0.15, 0.2) is 0 Å². The van der Waals surface area contributed by atoms with Crippen molar-refractivity contribution in [2.24, 2.45) is 10.8 Å². The maximum absolute atomic E-state index is 3.64. The number of nitrogens with zero attached hydrogens (tertiary/aromatic N) is 1. The molecule has 0 aromatic heterocycles. The van der Waals surface area contributed by atoms with Gasteiger partial charge in [0.25, 0.3) is 0 Å². The molecule has 2 heteroatoms. The Balaban J connectivity index is 1.81. The first-order chi connectivity index (χ1) is 8.05. The van der Waals surface area contributed by atoms with Crippen LogP contribution in [-0.4, -0.2) is 29.9 Å². The van der Waals surface area contributed by atoms with Crippen LogP contribution >= 0.6 is 15.9 Å². The lowest BCUT2D eigenvalue weighted by atomic mass is 9.68. The molecular formula is C15H28BrN. The second-order valence-corrected chi connectivity index (χ2v) is 7.70. The van der Waals surface area contributed by atoms with Crippen LogP contribution in [0.2, 0.25) is 0 Å². The first-order valence-electron chi connectivity index (χ1n) is 7.34. The first-order valence-corrected chi connectivity index (χ1v) is 8.46. The number of hydrogen-bond donors (Lipinski definition) is 0. The molecule has 1 heterocycles. The maximum Gasteiger partial charge on any atom is 0.00949 e. The van der Waals surface area contributed by atoms with Crippen molar-refractivity contribution in [2.75, 3.05) is 25.0 Å². The molecule has 100 valence electrons. The number of halogens is 1. The lowest BCUT2D eigenvalue weighted by Gasteiger charge is -2.45. The smallest absolute Gasteiger partial charge is 0.00949 e. The molecule has 2 aliphatic rings. The molecule has 0 atom stereocenters. The zero-order valence-electron chi connectivity index (χ0n) is 11.6. The van der Waals surface area contributed by atoms with Crippen LogP contribution in [0.3, 0.4) is 0 Å². The standard InChI is InChI=1S/C15H28BrN/c1-14(2,12-16)13-17-10-8-15(9-11-17)6-4-3-5-7-15/h3-13H2,1-2H3. The summed E-state index contributed by atoms with van der Waals surface area (Å²) in [7, 11) is 0. The second kappa shape index (κ2) is 5.61. The normalized spacial score (nSPS) is 26.3. The Morgan fingerprint density at radius 3 is 2.12 bits per heavy atom. The minimum absolute atomic E-state index is 0.428. The molecule has 1 saturated heterocycles. The van der Waals surface area contributed by atoms with Crippen LogP contribution in [0.25, 0.3) is 0 Å². The van der Waals surface area contributed by atoms with Crippen molar-refractivity contribution in [2.45, 2.75) is 58.8 Å². The number of alkyl halides is 1. The molecule has 2 rings (SSSR count). The highest BCUT2D eigenvalue weighted by atomic mass is 79.9.